The highest BCUT2D eigenvalue weighted by atomic mass is 32.2. The summed E-state index contributed by atoms with van der Waals surface area (Å²) in [5, 5.41) is 3.30. The summed E-state index contributed by atoms with van der Waals surface area (Å²) >= 11 is 1.33. The van der Waals surface area contributed by atoms with Gasteiger partial charge in [-0.3, -0.25) is 9.59 Å². The van der Waals surface area contributed by atoms with Gasteiger partial charge in [-0.05, 0) is 49.1 Å². The standard InChI is InChI=1S/C18H16N2O4S/c1-10-13-8-11(5-6-14(13)20-16(10)22)15(21)9-24-18(23)12-4-3-7-19-17(12)25-2/h3-8,10H,9H2,1-2H3,(H,20,22)/t10-/m0/s1. The van der Waals surface area contributed by atoms with Crippen LogP contribution >= 0.6 is 11.8 Å². The van der Waals surface area contributed by atoms with Crippen molar-refractivity contribution in [3.8, 4) is 0 Å². The van der Waals surface area contributed by atoms with E-state index in [9.17, 15) is 14.4 Å². The van der Waals surface area contributed by atoms with Crippen molar-refractivity contribution in [1.82, 2.24) is 4.98 Å². The number of esters is 1. The largest absolute Gasteiger partial charge is 0.454 e. The van der Waals surface area contributed by atoms with Crippen LogP contribution in [0.1, 0.15) is 39.1 Å². The summed E-state index contributed by atoms with van der Waals surface area (Å²) in [6.45, 7) is 1.41. The lowest BCUT2D eigenvalue weighted by Gasteiger charge is -2.08. The topological polar surface area (TPSA) is 85.4 Å². The molecule has 1 aliphatic rings. The van der Waals surface area contributed by atoms with Crippen molar-refractivity contribution in [2.75, 3.05) is 18.2 Å². The Labute approximate surface area is 149 Å². The van der Waals surface area contributed by atoms with Gasteiger partial charge in [-0.2, -0.15) is 0 Å². The van der Waals surface area contributed by atoms with Gasteiger partial charge in [0.05, 0.1) is 11.5 Å². The van der Waals surface area contributed by atoms with Crippen molar-refractivity contribution in [2.24, 2.45) is 0 Å². The summed E-state index contributed by atoms with van der Waals surface area (Å²) in [6.07, 6.45) is 3.40. The number of pyridine rings is 1. The predicted molar refractivity (Wildman–Crippen MR) is 94.1 cm³/mol. The highest BCUT2D eigenvalue weighted by molar-refractivity contribution is 7.98. The van der Waals surface area contributed by atoms with Crippen LogP contribution in [0.25, 0.3) is 0 Å². The number of carbonyl (C=O) groups is 3. The molecule has 0 radical (unpaired) electrons. The number of ketones is 1. The first-order chi connectivity index (χ1) is 12.0. The Morgan fingerprint density at radius 3 is 2.88 bits per heavy atom. The summed E-state index contributed by atoms with van der Waals surface area (Å²) in [5.41, 5.74) is 2.23. The predicted octanol–water partition coefficient (Wildman–Crippen LogP) is 2.90. The maximum Gasteiger partial charge on any atom is 0.341 e. The molecule has 3 rings (SSSR count). The van der Waals surface area contributed by atoms with E-state index in [2.05, 4.69) is 10.3 Å². The van der Waals surface area contributed by atoms with E-state index in [1.165, 1.54) is 11.8 Å². The van der Waals surface area contributed by atoms with Crippen LogP contribution in [0.3, 0.4) is 0 Å². The van der Waals surface area contributed by atoms with E-state index in [1.807, 2.05) is 6.26 Å². The number of rotatable bonds is 5. The molecule has 0 unspecified atom stereocenters. The third-order valence-electron chi connectivity index (χ3n) is 4.01. The molecular weight excluding hydrogens is 340 g/mol. The summed E-state index contributed by atoms with van der Waals surface area (Å²) in [4.78, 5) is 40.2. The van der Waals surface area contributed by atoms with E-state index in [1.54, 1.807) is 43.5 Å². The number of fused-ring (bicyclic) bond motifs is 1. The minimum absolute atomic E-state index is 0.0906. The van der Waals surface area contributed by atoms with Crippen LogP contribution < -0.4 is 5.32 Å². The molecule has 128 valence electrons. The molecule has 2 aromatic rings. The first-order valence-electron chi connectivity index (χ1n) is 7.65. The van der Waals surface area contributed by atoms with Gasteiger partial charge in [-0.25, -0.2) is 9.78 Å². The van der Waals surface area contributed by atoms with E-state index < -0.39 is 5.97 Å². The number of amides is 1. The normalized spacial score (nSPS) is 15.4. The zero-order valence-corrected chi connectivity index (χ0v) is 14.6. The van der Waals surface area contributed by atoms with Crippen LogP contribution in [0.15, 0.2) is 41.6 Å². The Morgan fingerprint density at radius 1 is 1.32 bits per heavy atom. The smallest absolute Gasteiger partial charge is 0.341 e. The van der Waals surface area contributed by atoms with E-state index in [0.717, 1.165) is 5.56 Å². The number of thioether (sulfide) groups is 1. The van der Waals surface area contributed by atoms with Crippen molar-refractivity contribution in [3.63, 3.8) is 0 Å². The number of nitrogens with zero attached hydrogens (tertiary/aromatic N) is 1. The number of Topliss-reactive ketones (excluding diaryl/α,β-unsaturated/α-hetero) is 1. The molecule has 1 N–H and O–H groups in total. The molecule has 0 saturated heterocycles. The van der Waals surface area contributed by atoms with Crippen molar-refractivity contribution in [1.29, 1.82) is 0 Å². The number of hydrogen-bond donors (Lipinski definition) is 1. The highest BCUT2D eigenvalue weighted by Crippen LogP contribution is 2.32. The molecule has 2 heterocycles. The summed E-state index contributed by atoms with van der Waals surface area (Å²) in [5.74, 6) is -1.30. The lowest BCUT2D eigenvalue weighted by molar-refractivity contribution is -0.116. The van der Waals surface area contributed by atoms with Gasteiger partial charge in [-0.15, -0.1) is 11.8 Å². The number of anilines is 1. The Hall–Kier alpha value is -2.67. The van der Waals surface area contributed by atoms with Gasteiger partial charge in [0.1, 0.15) is 5.03 Å². The fraction of sp³-hybridized carbons (Fsp3) is 0.222. The molecule has 1 aromatic heterocycles. The molecule has 0 saturated carbocycles. The van der Waals surface area contributed by atoms with Crippen LogP contribution in [0.2, 0.25) is 0 Å². The molecule has 0 aliphatic carbocycles. The number of aromatic nitrogens is 1. The van der Waals surface area contributed by atoms with Crippen molar-refractivity contribution >= 4 is 35.1 Å². The highest BCUT2D eigenvalue weighted by Gasteiger charge is 2.27. The lowest BCUT2D eigenvalue weighted by Crippen LogP contribution is -2.15. The SMILES string of the molecule is CSc1ncccc1C(=O)OCC(=O)c1ccc2c(c1)[C@H](C)C(=O)N2. The molecule has 0 spiro atoms. The average Bonchev–Trinajstić information content (AvgIpc) is 2.93. The third kappa shape index (κ3) is 3.41. The van der Waals surface area contributed by atoms with Gasteiger partial charge in [0.15, 0.2) is 12.4 Å². The quantitative estimate of drug-likeness (QED) is 0.504. The Balaban J connectivity index is 1.69. The zero-order valence-electron chi connectivity index (χ0n) is 13.7. The monoisotopic (exact) mass is 356 g/mol. The van der Waals surface area contributed by atoms with Gasteiger partial charge < -0.3 is 10.1 Å². The van der Waals surface area contributed by atoms with E-state index in [4.69, 9.17) is 4.74 Å². The Kier molecular flexibility index (Phi) is 4.85. The van der Waals surface area contributed by atoms with Crippen LogP contribution in [0.5, 0.6) is 0 Å². The number of ether oxygens (including phenoxy) is 1. The lowest BCUT2D eigenvalue weighted by atomic mass is 9.99. The molecule has 0 bridgehead atoms. The average molecular weight is 356 g/mol. The van der Waals surface area contributed by atoms with Gasteiger partial charge >= 0.3 is 5.97 Å². The van der Waals surface area contributed by atoms with Gasteiger partial charge in [-0.1, -0.05) is 0 Å². The Morgan fingerprint density at radius 2 is 2.12 bits per heavy atom. The molecule has 7 heteroatoms. The van der Waals surface area contributed by atoms with Crippen molar-refractivity contribution < 1.29 is 19.1 Å². The van der Waals surface area contributed by atoms with Gasteiger partial charge in [0.2, 0.25) is 5.91 Å². The van der Waals surface area contributed by atoms with Crippen molar-refractivity contribution in [3.05, 3.63) is 53.2 Å². The second kappa shape index (κ2) is 7.06. The summed E-state index contributed by atoms with van der Waals surface area (Å²) in [6, 6.07) is 8.24. The number of carbonyl (C=O) groups excluding carboxylic acids is 3. The van der Waals surface area contributed by atoms with E-state index in [-0.39, 0.29) is 24.2 Å². The molecular formula is C18H16N2O4S. The molecule has 1 aromatic carbocycles. The third-order valence-corrected chi connectivity index (χ3v) is 4.72. The van der Waals surface area contributed by atoms with Crippen LogP contribution in [-0.4, -0.2) is 35.5 Å². The maximum absolute atomic E-state index is 12.3. The van der Waals surface area contributed by atoms with Gasteiger partial charge in [0, 0.05) is 17.4 Å². The second-order valence-corrected chi connectivity index (χ2v) is 6.37. The van der Waals surface area contributed by atoms with E-state index in [0.29, 0.717) is 21.8 Å². The molecule has 1 atom stereocenters. The minimum atomic E-state index is -0.586. The number of nitrogens with one attached hydrogen (secondary N) is 1. The molecule has 1 amide bonds. The summed E-state index contributed by atoms with van der Waals surface area (Å²) in [7, 11) is 0. The zero-order chi connectivity index (χ0) is 18.0. The van der Waals surface area contributed by atoms with Crippen LogP contribution in [0.4, 0.5) is 5.69 Å². The first-order valence-corrected chi connectivity index (χ1v) is 8.88. The fourth-order valence-corrected chi connectivity index (χ4v) is 3.13. The molecule has 1 aliphatic heterocycles. The number of benzene rings is 1. The van der Waals surface area contributed by atoms with Crippen molar-refractivity contribution in [2.45, 2.75) is 17.9 Å². The van der Waals surface area contributed by atoms with Crippen LogP contribution in [-0.2, 0) is 9.53 Å². The molecule has 25 heavy (non-hydrogen) atoms. The first kappa shape index (κ1) is 17.2. The van der Waals surface area contributed by atoms with Gasteiger partial charge in [0.25, 0.3) is 0 Å². The summed E-state index contributed by atoms with van der Waals surface area (Å²) < 4.78 is 5.13. The molecule has 6 nitrogen and oxygen atoms in total. The number of hydrogen-bond acceptors (Lipinski definition) is 6. The maximum atomic E-state index is 12.3. The second-order valence-electron chi connectivity index (χ2n) is 5.57. The van der Waals surface area contributed by atoms with E-state index >= 15 is 0 Å². The van der Waals surface area contributed by atoms with Crippen LogP contribution in [0, 0.1) is 0 Å². The molecule has 0 fully saturated rings. The minimum Gasteiger partial charge on any atom is -0.454 e. The fourth-order valence-electron chi connectivity index (χ4n) is 2.59. The Bertz CT molecular complexity index is 866.